The van der Waals surface area contributed by atoms with E-state index < -0.39 is 5.97 Å². The molecule has 80 valence electrons. The van der Waals surface area contributed by atoms with Crippen molar-refractivity contribution in [3.63, 3.8) is 0 Å². The van der Waals surface area contributed by atoms with Gasteiger partial charge in [0.2, 0.25) is 0 Å². The Morgan fingerprint density at radius 1 is 1.47 bits per heavy atom. The summed E-state index contributed by atoms with van der Waals surface area (Å²) < 4.78 is 1.42. The predicted octanol–water partition coefficient (Wildman–Crippen LogP) is 0.877. The van der Waals surface area contributed by atoms with Gasteiger partial charge in [-0.05, 0) is 19.3 Å². The predicted molar refractivity (Wildman–Crippen MR) is 51.7 cm³/mol. The Morgan fingerprint density at radius 2 is 2.20 bits per heavy atom. The summed E-state index contributed by atoms with van der Waals surface area (Å²) in [6.07, 6.45) is 4.58. The molecule has 0 amide bonds. The van der Waals surface area contributed by atoms with E-state index in [2.05, 4.69) is 5.10 Å². The maximum Gasteiger partial charge on any atom is 0.325 e. The van der Waals surface area contributed by atoms with E-state index in [0.717, 1.165) is 25.0 Å². The molecule has 1 aliphatic rings. The summed E-state index contributed by atoms with van der Waals surface area (Å²) in [7, 11) is 0. The second kappa shape index (κ2) is 3.84. The highest BCUT2D eigenvalue weighted by Gasteiger charge is 2.20. The van der Waals surface area contributed by atoms with Crippen LogP contribution in [-0.4, -0.2) is 26.6 Å². The lowest BCUT2D eigenvalue weighted by atomic mass is 10.1. The second-order valence-electron chi connectivity index (χ2n) is 3.69. The summed E-state index contributed by atoms with van der Waals surface area (Å²) >= 11 is 0. The van der Waals surface area contributed by atoms with Gasteiger partial charge in [-0.25, -0.2) is 0 Å². The summed E-state index contributed by atoms with van der Waals surface area (Å²) in [6.45, 7) is -0.164. The molecule has 0 bridgehead atoms. The van der Waals surface area contributed by atoms with Gasteiger partial charge in [-0.1, -0.05) is 0 Å². The Balaban J connectivity index is 2.35. The number of fused-ring (bicyclic) bond motifs is 1. The van der Waals surface area contributed by atoms with Crippen molar-refractivity contribution >= 4 is 11.8 Å². The van der Waals surface area contributed by atoms with Crippen molar-refractivity contribution in [1.29, 1.82) is 0 Å². The first kappa shape index (κ1) is 9.89. The molecule has 0 fully saturated rings. The zero-order chi connectivity index (χ0) is 10.8. The first-order valence-electron chi connectivity index (χ1n) is 4.98. The molecule has 0 unspecified atom stereocenters. The third kappa shape index (κ3) is 1.91. The van der Waals surface area contributed by atoms with Gasteiger partial charge in [-0.2, -0.15) is 5.10 Å². The van der Waals surface area contributed by atoms with Crippen molar-refractivity contribution in [2.75, 3.05) is 0 Å². The summed E-state index contributed by atoms with van der Waals surface area (Å²) in [5.74, 6) is -0.850. The molecule has 5 nitrogen and oxygen atoms in total. The molecule has 2 rings (SSSR count). The lowest BCUT2D eigenvalue weighted by molar-refractivity contribution is -0.137. The maximum absolute atomic E-state index is 11.6. The van der Waals surface area contributed by atoms with Crippen molar-refractivity contribution in [3.8, 4) is 0 Å². The van der Waals surface area contributed by atoms with E-state index in [1.807, 2.05) is 0 Å². The summed E-state index contributed by atoms with van der Waals surface area (Å²) in [5, 5.41) is 12.6. The van der Waals surface area contributed by atoms with Gasteiger partial charge < -0.3 is 5.11 Å². The minimum absolute atomic E-state index is 0.0825. The molecule has 1 aromatic rings. The van der Waals surface area contributed by atoms with Crippen molar-refractivity contribution in [2.24, 2.45) is 0 Å². The average Bonchev–Trinajstić information content (AvgIpc) is 2.45. The minimum Gasteiger partial charge on any atom is -0.480 e. The van der Waals surface area contributed by atoms with E-state index in [1.165, 1.54) is 10.9 Å². The maximum atomic E-state index is 11.6. The van der Waals surface area contributed by atoms with Crippen LogP contribution >= 0.6 is 0 Å². The smallest absolute Gasteiger partial charge is 0.325 e. The number of carbonyl (C=O) groups is 2. The van der Waals surface area contributed by atoms with Crippen molar-refractivity contribution in [2.45, 2.75) is 32.2 Å². The highest BCUT2D eigenvalue weighted by molar-refractivity contribution is 5.97. The van der Waals surface area contributed by atoms with Gasteiger partial charge >= 0.3 is 5.97 Å². The fourth-order valence-corrected chi connectivity index (χ4v) is 1.88. The standard InChI is InChI=1S/C10H12N2O3/c13-9-4-2-1-3-8-7(9)5-11-12(8)6-10(14)15/h5H,1-4,6H2,(H,14,15). The molecule has 0 saturated heterocycles. The number of aliphatic carboxylic acids is 1. The van der Waals surface area contributed by atoms with Crippen molar-refractivity contribution < 1.29 is 14.7 Å². The topological polar surface area (TPSA) is 72.2 Å². The molecule has 0 saturated carbocycles. The highest BCUT2D eigenvalue weighted by atomic mass is 16.4. The Bertz CT molecular complexity index is 409. The van der Waals surface area contributed by atoms with Gasteiger partial charge in [0.05, 0.1) is 11.8 Å². The Kier molecular flexibility index (Phi) is 2.53. The van der Waals surface area contributed by atoms with Gasteiger partial charge in [-0.3, -0.25) is 14.3 Å². The van der Waals surface area contributed by atoms with Crippen LogP contribution < -0.4 is 0 Å². The van der Waals surface area contributed by atoms with E-state index in [-0.39, 0.29) is 12.3 Å². The number of nitrogens with zero attached hydrogens (tertiary/aromatic N) is 2. The second-order valence-corrected chi connectivity index (χ2v) is 3.69. The van der Waals surface area contributed by atoms with Gasteiger partial charge in [0.25, 0.3) is 0 Å². The van der Waals surface area contributed by atoms with Crippen LogP contribution in [0.2, 0.25) is 0 Å². The number of carbonyl (C=O) groups excluding carboxylic acids is 1. The number of carboxylic acid groups (broad SMARTS) is 1. The highest BCUT2D eigenvalue weighted by Crippen LogP contribution is 2.20. The molecule has 0 radical (unpaired) electrons. The largest absolute Gasteiger partial charge is 0.480 e. The van der Waals surface area contributed by atoms with E-state index in [9.17, 15) is 9.59 Å². The van der Waals surface area contributed by atoms with Gasteiger partial charge in [0.15, 0.2) is 5.78 Å². The SMILES string of the molecule is O=C(O)Cn1ncc2c1CCCCC2=O. The third-order valence-electron chi connectivity index (χ3n) is 2.60. The van der Waals surface area contributed by atoms with Crippen LogP contribution in [0, 0.1) is 0 Å². The van der Waals surface area contributed by atoms with E-state index in [0.29, 0.717) is 12.0 Å². The van der Waals surface area contributed by atoms with Crippen LogP contribution in [0.3, 0.4) is 0 Å². The fraction of sp³-hybridized carbons (Fsp3) is 0.500. The number of hydrogen-bond donors (Lipinski definition) is 1. The van der Waals surface area contributed by atoms with E-state index in [1.54, 1.807) is 0 Å². The molecule has 15 heavy (non-hydrogen) atoms. The number of Topliss-reactive ketones (excluding diaryl/α,β-unsaturated/α-hetero) is 1. The fourth-order valence-electron chi connectivity index (χ4n) is 1.88. The lowest BCUT2D eigenvalue weighted by Crippen LogP contribution is -2.13. The van der Waals surface area contributed by atoms with Crippen LogP contribution in [0.4, 0.5) is 0 Å². The number of hydrogen-bond acceptors (Lipinski definition) is 3. The van der Waals surface area contributed by atoms with Crippen LogP contribution in [0.1, 0.15) is 35.3 Å². The van der Waals surface area contributed by atoms with Crippen LogP contribution in [0.25, 0.3) is 0 Å². The number of ketones is 1. The first-order chi connectivity index (χ1) is 7.18. The van der Waals surface area contributed by atoms with Crippen molar-refractivity contribution in [3.05, 3.63) is 17.5 Å². The number of rotatable bonds is 2. The molecular weight excluding hydrogens is 196 g/mol. The van der Waals surface area contributed by atoms with E-state index in [4.69, 9.17) is 5.11 Å². The third-order valence-corrected chi connectivity index (χ3v) is 2.60. The van der Waals surface area contributed by atoms with Crippen LogP contribution in [-0.2, 0) is 17.8 Å². The molecule has 1 heterocycles. The molecule has 1 aromatic heterocycles. The molecule has 0 atom stereocenters. The summed E-state index contributed by atoms with van der Waals surface area (Å²) in [6, 6.07) is 0. The number of aromatic nitrogens is 2. The molecule has 5 heteroatoms. The minimum atomic E-state index is -0.933. The zero-order valence-electron chi connectivity index (χ0n) is 8.27. The monoisotopic (exact) mass is 208 g/mol. The lowest BCUT2D eigenvalue weighted by Gasteiger charge is -2.03. The Labute approximate surface area is 86.7 Å². The summed E-state index contributed by atoms with van der Waals surface area (Å²) in [4.78, 5) is 22.2. The van der Waals surface area contributed by atoms with Gasteiger partial charge in [0.1, 0.15) is 6.54 Å². The summed E-state index contributed by atoms with van der Waals surface area (Å²) in [5.41, 5.74) is 1.38. The average molecular weight is 208 g/mol. The van der Waals surface area contributed by atoms with Gasteiger partial charge in [0, 0.05) is 12.1 Å². The molecule has 0 aliphatic heterocycles. The molecule has 0 spiro atoms. The zero-order valence-corrected chi connectivity index (χ0v) is 8.27. The van der Waals surface area contributed by atoms with Crippen LogP contribution in [0.15, 0.2) is 6.20 Å². The van der Waals surface area contributed by atoms with E-state index >= 15 is 0 Å². The first-order valence-corrected chi connectivity index (χ1v) is 4.98. The normalized spacial score (nSPS) is 15.9. The van der Waals surface area contributed by atoms with Gasteiger partial charge in [-0.15, -0.1) is 0 Å². The molecule has 1 aliphatic carbocycles. The molecule has 0 aromatic carbocycles. The van der Waals surface area contributed by atoms with Crippen LogP contribution in [0.5, 0.6) is 0 Å². The number of carboxylic acids is 1. The quantitative estimate of drug-likeness (QED) is 0.732. The Morgan fingerprint density at radius 3 is 2.93 bits per heavy atom. The molecular formula is C10H12N2O3. The van der Waals surface area contributed by atoms with Crippen molar-refractivity contribution in [1.82, 2.24) is 9.78 Å². The Hall–Kier alpha value is -1.65. The molecule has 1 N–H and O–H groups in total.